The van der Waals surface area contributed by atoms with Gasteiger partial charge in [-0.15, -0.1) is 0 Å². The van der Waals surface area contributed by atoms with E-state index >= 15 is 0 Å². The Morgan fingerprint density at radius 3 is 2.85 bits per heavy atom. The van der Waals surface area contributed by atoms with Crippen LogP contribution in [-0.2, 0) is 0 Å². The first-order chi connectivity index (χ1) is 6.26. The summed E-state index contributed by atoms with van der Waals surface area (Å²) in [5.41, 5.74) is 0.614. The molecule has 2 heterocycles. The number of rotatable bonds is 2. The van der Waals surface area contributed by atoms with Gasteiger partial charge in [-0.1, -0.05) is 13.8 Å². The van der Waals surface area contributed by atoms with Gasteiger partial charge in [-0.05, 0) is 42.1 Å². The monoisotopic (exact) mass is 199 g/mol. The molecule has 0 aromatic rings. The van der Waals surface area contributed by atoms with Gasteiger partial charge in [0.05, 0.1) is 0 Å². The fourth-order valence-corrected chi connectivity index (χ4v) is 3.88. The molecule has 13 heavy (non-hydrogen) atoms. The summed E-state index contributed by atoms with van der Waals surface area (Å²) in [6, 6.07) is 0.824. The van der Waals surface area contributed by atoms with Crippen molar-refractivity contribution in [1.82, 2.24) is 5.32 Å². The smallest absolute Gasteiger partial charge is 0.0169 e. The lowest BCUT2D eigenvalue weighted by Crippen LogP contribution is -2.64. The van der Waals surface area contributed by atoms with E-state index in [1.54, 1.807) is 0 Å². The highest BCUT2D eigenvalue weighted by Crippen LogP contribution is 2.40. The van der Waals surface area contributed by atoms with Gasteiger partial charge in [-0.2, -0.15) is 11.8 Å². The maximum absolute atomic E-state index is 3.64. The van der Waals surface area contributed by atoms with Crippen LogP contribution < -0.4 is 5.32 Å². The molecule has 3 atom stereocenters. The van der Waals surface area contributed by atoms with Crippen molar-refractivity contribution in [3.05, 3.63) is 0 Å². The van der Waals surface area contributed by atoms with Crippen LogP contribution in [0.5, 0.6) is 0 Å². The molecule has 2 aliphatic heterocycles. The molecule has 0 aliphatic carbocycles. The lowest BCUT2D eigenvalue weighted by Gasteiger charge is -2.52. The number of thioether (sulfide) groups is 1. The topological polar surface area (TPSA) is 12.0 Å². The summed E-state index contributed by atoms with van der Waals surface area (Å²) in [6.45, 7) is 6.03. The molecule has 0 radical (unpaired) electrons. The second-order valence-corrected chi connectivity index (χ2v) is 5.99. The summed E-state index contributed by atoms with van der Waals surface area (Å²) < 4.78 is 0. The van der Waals surface area contributed by atoms with Gasteiger partial charge in [-0.3, -0.25) is 0 Å². The van der Waals surface area contributed by atoms with Crippen LogP contribution in [0.1, 0.15) is 33.1 Å². The minimum atomic E-state index is 0.614. The van der Waals surface area contributed by atoms with E-state index < -0.39 is 0 Å². The van der Waals surface area contributed by atoms with Crippen LogP contribution in [0.4, 0.5) is 0 Å². The van der Waals surface area contributed by atoms with Gasteiger partial charge in [0.25, 0.3) is 0 Å². The molecule has 2 saturated heterocycles. The highest BCUT2D eigenvalue weighted by atomic mass is 32.2. The summed E-state index contributed by atoms with van der Waals surface area (Å²) in [5.74, 6) is 3.75. The van der Waals surface area contributed by atoms with E-state index in [2.05, 4.69) is 30.9 Å². The molecule has 3 unspecified atom stereocenters. The van der Waals surface area contributed by atoms with Gasteiger partial charge < -0.3 is 5.32 Å². The molecule has 2 rings (SSSR count). The summed E-state index contributed by atoms with van der Waals surface area (Å²) in [5, 5.41) is 3.64. The fraction of sp³-hybridized carbons (Fsp3) is 1.00. The summed E-state index contributed by atoms with van der Waals surface area (Å²) >= 11 is 2.15. The number of hydrogen-bond acceptors (Lipinski definition) is 2. The molecule has 1 nitrogen and oxygen atoms in total. The molecular weight excluding hydrogens is 178 g/mol. The molecule has 2 aliphatic rings. The van der Waals surface area contributed by atoms with Gasteiger partial charge in [0, 0.05) is 12.6 Å². The van der Waals surface area contributed by atoms with Crippen molar-refractivity contribution < 1.29 is 0 Å². The lowest BCUT2D eigenvalue weighted by atomic mass is 9.67. The van der Waals surface area contributed by atoms with E-state index in [0.29, 0.717) is 5.41 Å². The Labute approximate surface area is 86.0 Å². The Kier molecular flexibility index (Phi) is 2.89. The van der Waals surface area contributed by atoms with Crippen LogP contribution in [0.15, 0.2) is 0 Å². The summed E-state index contributed by atoms with van der Waals surface area (Å²) in [4.78, 5) is 0. The fourth-order valence-electron chi connectivity index (χ4n) is 2.68. The van der Waals surface area contributed by atoms with Gasteiger partial charge >= 0.3 is 0 Å². The molecule has 1 N–H and O–H groups in total. The first-order valence-corrected chi connectivity index (χ1v) is 6.73. The predicted molar refractivity (Wildman–Crippen MR) is 60.2 cm³/mol. The summed E-state index contributed by atoms with van der Waals surface area (Å²) in [7, 11) is 0. The first kappa shape index (κ1) is 9.85. The van der Waals surface area contributed by atoms with E-state index in [1.807, 2.05) is 0 Å². The van der Waals surface area contributed by atoms with Crippen LogP contribution in [0.25, 0.3) is 0 Å². The second-order valence-electron chi connectivity index (χ2n) is 4.84. The van der Waals surface area contributed by atoms with E-state index in [0.717, 1.165) is 12.0 Å². The number of hydrogen-bond donors (Lipinski definition) is 1. The normalized spacial score (nSPS) is 45.7. The van der Waals surface area contributed by atoms with Crippen LogP contribution in [-0.4, -0.2) is 24.1 Å². The zero-order valence-corrected chi connectivity index (χ0v) is 9.62. The standard InChI is InChI=1S/C11H21NS/c1-3-11(2)8-12-10(11)9-5-4-6-13-7-9/h9-10,12H,3-8H2,1-2H3. The first-order valence-electron chi connectivity index (χ1n) is 5.57. The van der Waals surface area contributed by atoms with Crippen molar-refractivity contribution in [2.24, 2.45) is 11.3 Å². The SMILES string of the molecule is CCC1(C)CNC1C1CCCSC1. The highest BCUT2D eigenvalue weighted by Gasteiger charge is 2.45. The van der Waals surface area contributed by atoms with Crippen molar-refractivity contribution in [3.63, 3.8) is 0 Å². The Hall–Kier alpha value is 0.310. The van der Waals surface area contributed by atoms with Crippen molar-refractivity contribution in [1.29, 1.82) is 0 Å². The van der Waals surface area contributed by atoms with Crippen molar-refractivity contribution in [2.75, 3.05) is 18.1 Å². The molecule has 2 heteroatoms. The molecule has 0 spiro atoms. The zero-order chi connectivity index (χ0) is 9.31. The van der Waals surface area contributed by atoms with Gasteiger partial charge in [-0.25, -0.2) is 0 Å². The molecule has 0 amide bonds. The maximum Gasteiger partial charge on any atom is 0.0169 e. The predicted octanol–water partition coefficient (Wildman–Crippen LogP) is 2.52. The quantitative estimate of drug-likeness (QED) is 0.733. The largest absolute Gasteiger partial charge is 0.312 e. The number of nitrogens with one attached hydrogen (secondary N) is 1. The molecule has 2 fully saturated rings. The van der Waals surface area contributed by atoms with E-state index in [-0.39, 0.29) is 0 Å². The molecule has 0 saturated carbocycles. The van der Waals surface area contributed by atoms with Gasteiger partial charge in [0.1, 0.15) is 0 Å². The Morgan fingerprint density at radius 2 is 2.38 bits per heavy atom. The highest BCUT2D eigenvalue weighted by molar-refractivity contribution is 7.99. The van der Waals surface area contributed by atoms with Crippen molar-refractivity contribution >= 4 is 11.8 Å². The molecular formula is C11H21NS. The molecule has 0 aromatic carbocycles. The average Bonchev–Trinajstić information content (AvgIpc) is 2.17. The third-order valence-corrected chi connectivity index (χ3v) is 5.19. The zero-order valence-electron chi connectivity index (χ0n) is 8.81. The van der Waals surface area contributed by atoms with Gasteiger partial charge in [0.2, 0.25) is 0 Å². The summed E-state index contributed by atoms with van der Waals surface area (Å²) in [6.07, 6.45) is 4.24. The second kappa shape index (κ2) is 3.82. The lowest BCUT2D eigenvalue weighted by molar-refractivity contribution is 0.0556. The van der Waals surface area contributed by atoms with Crippen LogP contribution >= 0.6 is 11.8 Å². The van der Waals surface area contributed by atoms with E-state index in [9.17, 15) is 0 Å². The Bertz CT molecular complexity index is 173. The van der Waals surface area contributed by atoms with E-state index in [1.165, 1.54) is 37.3 Å². The Balaban J connectivity index is 1.92. The third-order valence-electron chi connectivity index (χ3n) is 3.95. The third kappa shape index (κ3) is 1.75. The van der Waals surface area contributed by atoms with Crippen molar-refractivity contribution in [3.8, 4) is 0 Å². The van der Waals surface area contributed by atoms with Gasteiger partial charge in [0.15, 0.2) is 0 Å². The minimum Gasteiger partial charge on any atom is -0.312 e. The molecule has 0 bridgehead atoms. The molecule has 76 valence electrons. The van der Waals surface area contributed by atoms with Crippen LogP contribution in [0, 0.1) is 11.3 Å². The maximum atomic E-state index is 3.64. The van der Waals surface area contributed by atoms with Crippen LogP contribution in [0.3, 0.4) is 0 Å². The molecule has 0 aromatic heterocycles. The minimum absolute atomic E-state index is 0.614. The Morgan fingerprint density at radius 1 is 1.54 bits per heavy atom. The van der Waals surface area contributed by atoms with Crippen LogP contribution in [0.2, 0.25) is 0 Å². The van der Waals surface area contributed by atoms with E-state index in [4.69, 9.17) is 0 Å². The van der Waals surface area contributed by atoms with Crippen molar-refractivity contribution in [2.45, 2.75) is 39.2 Å². The average molecular weight is 199 g/mol.